The van der Waals surface area contributed by atoms with Crippen LogP contribution in [-0.2, 0) is 14.3 Å². The number of carbonyl (C=O) groups is 1. The Hall–Kier alpha value is -0.870. The number of nitrogens with one attached hydrogen (secondary N) is 1. The van der Waals surface area contributed by atoms with Crippen LogP contribution in [0.25, 0.3) is 0 Å². The molecule has 0 aromatic carbocycles. The molecule has 19 heavy (non-hydrogen) atoms. The average molecular weight is 267 g/mol. The van der Waals surface area contributed by atoms with Crippen molar-refractivity contribution in [3.63, 3.8) is 0 Å². The molecule has 2 rings (SSSR count). The third-order valence-corrected chi connectivity index (χ3v) is 4.09. The van der Waals surface area contributed by atoms with Crippen LogP contribution in [0.2, 0.25) is 0 Å². The number of amides is 1. The van der Waals surface area contributed by atoms with Gasteiger partial charge in [0.25, 0.3) is 0 Å². The zero-order chi connectivity index (χ0) is 14.0. The molecule has 0 bridgehead atoms. The highest BCUT2D eigenvalue weighted by atomic mass is 16.6. The van der Waals surface area contributed by atoms with Gasteiger partial charge in [-0.25, -0.2) is 0 Å². The Morgan fingerprint density at radius 3 is 2.68 bits per heavy atom. The summed E-state index contributed by atoms with van der Waals surface area (Å²) in [6, 6.07) is 0. The van der Waals surface area contributed by atoms with E-state index in [9.17, 15) is 4.79 Å². The van der Waals surface area contributed by atoms with Crippen LogP contribution in [-0.4, -0.2) is 38.4 Å². The van der Waals surface area contributed by atoms with Gasteiger partial charge in [-0.1, -0.05) is 25.5 Å². The molecule has 1 saturated heterocycles. The maximum Gasteiger partial charge on any atom is 0.224 e. The fourth-order valence-corrected chi connectivity index (χ4v) is 2.83. The summed E-state index contributed by atoms with van der Waals surface area (Å²) in [6.45, 7) is 10.9. The zero-order valence-electron chi connectivity index (χ0n) is 12.4. The molecule has 1 amide bonds. The number of rotatable bonds is 4. The van der Waals surface area contributed by atoms with Gasteiger partial charge in [-0.15, -0.1) is 0 Å². The molecule has 4 heteroatoms. The molecule has 108 valence electrons. The second-order valence-corrected chi connectivity index (χ2v) is 6.38. The molecule has 2 aliphatic rings. The lowest BCUT2D eigenvalue weighted by Crippen LogP contribution is -2.40. The molecule has 1 N–H and O–H groups in total. The van der Waals surface area contributed by atoms with E-state index in [1.54, 1.807) is 0 Å². The summed E-state index contributed by atoms with van der Waals surface area (Å²) in [7, 11) is 0. The van der Waals surface area contributed by atoms with E-state index >= 15 is 0 Å². The van der Waals surface area contributed by atoms with Crippen molar-refractivity contribution in [2.75, 3.05) is 26.4 Å². The van der Waals surface area contributed by atoms with E-state index in [-0.39, 0.29) is 23.3 Å². The van der Waals surface area contributed by atoms with Gasteiger partial charge in [0.1, 0.15) is 0 Å². The molecule has 1 aliphatic heterocycles. The lowest BCUT2D eigenvalue weighted by atomic mass is 10.1. The Bertz CT molecular complexity index is 366. The third kappa shape index (κ3) is 3.37. The maximum atomic E-state index is 12.2. The van der Waals surface area contributed by atoms with Gasteiger partial charge in [0.15, 0.2) is 0 Å². The third-order valence-electron chi connectivity index (χ3n) is 4.09. The molecule has 0 spiro atoms. The van der Waals surface area contributed by atoms with Crippen molar-refractivity contribution >= 4 is 5.91 Å². The average Bonchev–Trinajstić information content (AvgIpc) is 2.88. The molecule has 0 aromatic heterocycles. The molecule has 1 heterocycles. The highest BCUT2D eigenvalue weighted by Gasteiger charge is 2.60. The van der Waals surface area contributed by atoms with Gasteiger partial charge < -0.3 is 14.8 Å². The Labute approximate surface area is 115 Å². The normalized spacial score (nSPS) is 32.5. The van der Waals surface area contributed by atoms with Crippen LogP contribution in [0.15, 0.2) is 11.6 Å². The van der Waals surface area contributed by atoms with Crippen molar-refractivity contribution in [1.82, 2.24) is 5.32 Å². The quantitative estimate of drug-likeness (QED) is 0.790. The molecule has 0 aromatic rings. The highest BCUT2D eigenvalue weighted by molar-refractivity contribution is 5.83. The minimum absolute atomic E-state index is 0.00136. The van der Waals surface area contributed by atoms with Crippen LogP contribution >= 0.6 is 0 Å². The Morgan fingerprint density at radius 2 is 2.11 bits per heavy atom. The van der Waals surface area contributed by atoms with E-state index < -0.39 is 0 Å². The first-order valence-electron chi connectivity index (χ1n) is 7.05. The van der Waals surface area contributed by atoms with Crippen LogP contribution in [0.1, 0.15) is 27.7 Å². The largest absolute Gasteiger partial charge is 0.376 e. The molecule has 2 fully saturated rings. The summed E-state index contributed by atoms with van der Waals surface area (Å²) in [5, 5.41) is 3.00. The second-order valence-electron chi connectivity index (χ2n) is 6.38. The van der Waals surface area contributed by atoms with E-state index in [4.69, 9.17) is 9.47 Å². The van der Waals surface area contributed by atoms with Gasteiger partial charge in [0, 0.05) is 6.54 Å². The van der Waals surface area contributed by atoms with Crippen molar-refractivity contribution in [2.24, 2.45) is 17.3 Å². The fraction of sp³-hybridized carbons (Fsp3) is 0.800. The molecule has 0 unspecified atom stereocenters. The zero-order valence-corrected chi connectivity index (χ0v) is 12.4. The van der Waals surface area contributed by atoms with Gasteiger partial charge in [0.2, 0.25) is 5.91 Å². The Balaban J connectivity index is 1.82. The lowest BCUT2D eigenvalue weighted by molar-refractivity contribution is -0.125. The van der Waals surface area contributed by atoms with E-state index in [2.05, 4.69) is 39.1 Å². The molecule has 1 aliphatic carbocycles. The summed E-state index contributed by atoms with van der Waals surface area (Å²) >= 11 is 0. The van der Waals surface area contributed by atoms with Crippen molar-refractivity contribution in [1.29, 1.82) is 0 Å². The van der Waals surface area contributed by atoms with Gasteiger partial charge in [-0.2, -0.15) is 0 Å². The second kappa shape index (κ2) is 5.63. The lowest BCUT2D eigenvalue weighted by Gasteiger charge is -2.23. The topological polar surface area (TPSA) is 47.6 Å². The van der Waals surface area contributed by atoms with Crippen molar-refractivity contribution in [3.05, 3.63) is 11.6 Å². The van der Waals surface area contributed by atoms with Crippen molar-refractivity contribution in [2.45, 2.75) is 33.8 Å². The van der Waals surface area contributed by atoms with Crippen molar-refractivity contribution < 1.29 is 14.3 Å². The number of hydrogen-bond donors (Lipinski definition) is 1. The molecule has 1 saturated carbocycles. The first-order valence-corrected chi connectivity index (χ1v) is 7.05. The van der Waals surface area contributed by atoms with Gasteiger partial charge in [-0.3, -0.25) is 4.79 Å². The van der Waals surface area contributed by atoms with Gasteiger partial charge in [-0.05, 0) is 25.2 Å². The molecular weight excluding hydrogens is 242 g/mol. The predicted molar refractivity (Wildman–Crippen MR) is 73.8 cm³/mol. The van der Waals surface area contributed by atoms with Crippen LogP contribution < -0.4 is 5.32 Å². The Kier molecular flexibility index (Phi) is 4.31. The predicted octanol–water partition coefficient (Wildman–Crippen LogP) is 1.76. The van der Waals surface area contributed by atoms with Crippen LogP contribution in [0.3, 0.4) is 0 Å². The molecule has 0 radical (unpaired) electrons. The molecular formula is C15H25NO3. The SMILES string of the molecule is CC(C)=C[C@@H]1[C@@H](C(=O)NC[C@@H]2COCCO2)C1(C)C. The number of allylic oxidation sites excluding steroid dienone is 2. The minimum Gasteiger partial charge on any atom is -0.376 e. The summed E-state index contributed by atoms with van der Waals surface area (Å²) in [5.41, 5.74) is 1.35. The monoisotopic (exact) mass is 267 g/mol. The first-order chi connectivity index (χ1) is 8.93. The van der Waals surface area contributed by atoms with E-state index in [1.165, 1.54) is 5.57 Å². The van der Waals surface area contributed by atoms with E-state index in [0.29, 0.717) is 32.3 Å². The van der Waals surface area contributed by atoms with Crippen LogP contribution in [0.5, 0.6) is 0 Å². The van der Waals surface area contributed by atoms with Gasteiger partial charge in [0.05, 0.1) is 31.8 Å². The smallest absolute Gasteiger partial charge is 0.224 e. The standard InChI is InChI=1S/C15H25NO3/c1-10(2)7-12-13(15(12,3)4)14(17)16-8-11-9-18-5-6-19-11/h7,11-13H,5-6,8-9H2,1-4H3,(H,16,17)/t11-,12-,13+/m1/s1. The molecule has 3 atom stereocenters. The first kappa shape index (κ1) is 14.5. The summed E-state index contributed by atoms with van der Waals surface area (Å²) in [4.78, 5) is 12.2. The summed E-state index contributed by atoms with van der Waals surface area (Å²) in [5.74, 6) is 0.592. The van der Waals surface area contributed by atoms with Crippen LogP contribution in [0.4, 0.5) is 0 Å². The number of carbonyl (C=O) groups excluding carboxylic acids is 1. The van der Waals surface area contributed by atoms with Crippen LogP contribution in [0, 0.1) is 17.3 Å². The minimum atomic E-state index is 0.00136. The highest BCUT2D eigenvalue weighted by Crippen LogP contribution is 2.59. The number of ether oxygens (including phenoxy) is 2. The van der Waals surface area contributed by atoms with E-state index in [1.807, 2.05) is 0 Å². The summed E-state index contributed by atoms with van der Waals surface area (Å²) < 4.78 is 10.8. The van der Waals surface area contributed by atoms with E-state index in [0.717, 1.165) is 0 Å². The summed E-state index contributed by atoms with van der Waals surface area (Å²) in [6.07, 6.45) is 2.21. The fourth-order valence-electron chi connectivity index (χ4n) is 2.83. The van der Waals surface area contributed by atoms with Crippen molar-refractivity contribution in [3.8, 4) is 0 Å². The number of hydrogen-bond acceptors (Lipinski definition) is 3. The Morgan fingerprint density at radius 1 is 1.37 bits per heavy atom. The molecule has 4 nitrogen and oxygen atoms in total. The maximum absolute atomic E-state index is 12.2. The van der Waals surface area contributed by atoms with Gasteiger partial charge >= 0.3 is 0 Å².